The molecule has 0 radical (unpaired) electrons. The predicted molar refractivity (Wildman–Crippen MR) is 68.7 cm³/mol. The van der Waals surface area contributed by atoms with Gasteiger partial charge in [0.1, 0.15) is 6.20 Å². The van der Waals surface area contributed by atoms with E-state index in [9.17, 15) is 23.3 Å². The summed E-state index contributed by atoms with van der Waals surface area (Å²) in [7, 11) is 1.46. The number of nitrogens with one attached hydrogen (secondary N) is 1. The number of halogens is 3. The van der Waals surface area contributed by atoms with Crippen molar-refractivity contribution in [1.29, 1.82) is 0 Å². The van der Waals surface area contributed by atoms with E-state index in [0.717, 1.165) is 18.3 Å². The SMILES string of the molecule is CNc1ncc([N+](=O)[O-])c(-c2ccccc2C(F)(F)F)n1. The molecule has 0 amide bonds. The molecule has 9 heteroatoms. The molecule has 110 valence electrons. The Morgan fingerprint density at radius 1 is 1.29 bits per heavy atom. The molecule has 0 aliphatic heterocycles. The zero-order chi connectivity index (χ0) is 15.6. The van der Waals surface area contributed by atoms with Crippen molar-refractivity contribution >= 4 is 11.6 Å². The van der Waals surface area contributed by atoms with Crippen LogP contribution in [0.15, 0.2) is 30.5 Å². The van der Waals surface area contributed by atoms with Gasteiger partial charge >= 0.3 is 11.9 Å². The first kappa shape index (κ1) is 14.7. The van der Waals surface area contributed by atoms with Gasteiger partial charge in [0.2, 0.25) is 5.95 Å². The third-order valence-corrected chi connectivity index (χ3v) is 2.68. The first-order chi connectivity index (χ1) is 9.84. The van der Waals surface area contributed by atoms with Crippen molar-refractivity contribution < 1.29 is 18.1 Å². The number of alkyl halides is 3. The van der Waals surface area contributed by atoms with E-state index in [4.69, 9.17) is 0 Å². The number of nitrogens with zero attached hydrogens (tertiary/aromatic N) is 3. The first-order valence-electron chi connectivity index (χ1n) is 5.70. The number of hydrogen-bond acceptors (Lipinski definition) is 5. The Morgan fingerprint density at radius 3 is 2.52 bits per heavy atom. The van der Waals surface area contributed by atoms with Crippen LogP contribution in [-0.2, 0) is 6.18 Å². The van der Waals surface area contributed by atoms with Gasteiger partial charge in [-0.25, -0.2) is 9.97 Å². The van der Waals surface area contributed by atoms with E-state index in [0.29, 0.717) is 0 Å². The zero-order valence-corrected chi connectivity index (χ0v) is 10.7. The highest BCUT2D eigenvalue weighted by Crippen LogP contribution is 2.39. The summed E-state index contributed by atoms with van der Waals surface area (Å²) in [6.07, 6.45) is -3.77. The normalized spacial score (nSPS) is 11.2. The Balaban J connectivity index is 2.75. The largest absolute Gasteiger partial charge is 0.417 e. The molecule has 1 aromatic carbocycles. The lowest BCUT2D eigenvalue weighted by Crippen LogP contribution is -2.09. The Hall–Kier alpha value is -2.71. The summed E-state index contributed by atoms with van der Waals surface area (Å²) < 4.78 is 39.1. The molecule has 0 aliphatic rings. The van der Waals surface area contributed by atoms with Gasteiger partial charge in [0, 0.05) is 12.6 Å². The minimum atomic E-state index is -4.64. The number of aromatic nitrogens is 2. The molecule has 0 unspecified atom stereocenters. The van der Waals surface area contributed by atoms with Crippen molar-refractivity contribution in [3.8, 4) is 11.3 Å². The summed E-state index contributed by atoms with van der Waals surface area (Å²) in [4.78, 5) is 17.6. The van der Waals surface area contributed by atoms with Crippen LogP contribution in [0.4, 0.5) is 24.8 Å². The highest BCUT2D eigenvalue weighted by Gasteiger charge is 2.35. The molecule has 0 aliphatic carbocycles. The van der Waals surface area contributed by atoms with Gasteiger partial charge in [0.25, 0.3) is 0 Å². The van der Waals surface area contributed by atoms with Gasteiger partial charge in [0.05, 0.1) is 10.5 Å². The Bertz CT molecular complexity index is 688. The van der Waals surface area contributed by atoms with Crippen LogP contribution in [0.2, 0.25) is 0 Å². The number of anilines is 1. The summed E-state index contributed by atoms with van der Waals surface area (Å²) in [5.74, 6) is -0.00687. The maximum atomic E-state index is 13.0. The fourth-order valence-corrected chi connectivity index (χ4v) is 1.76. The first-order valence-corrected chi connectivity index (χ1v) is 5.70. The van der Waals surface area contributed by atoms with Gasteiger partial charge in [-0.15, -0.1) is 0 Å². The van der Waals surface area contributed by atoms with Crippen molar-refractivity contribution in [2.24, 2.45) is 0 Å². The molecule has 2 aromatic rings. The average molecular weight is 298 g/mol. The second-order valence-electron chi connectivity index (χ2n) is 3.98. The van der Waals surface area contributed by atoms with Gasteiger partial charge in [-0.3, -0.25) is 10.1 Å². The van der Waals surface area contributed by atoms with E-state index in [1.54, 1.807) is 0 Å². The summed E-state index contributed by atoms with van der Waals surface area (Å²) >= 11 is 0. The van der Waals surface area contributed by atoms with Crippen molar-refractivity contribution in [2.45, 2.75) is 6.18 Å². The van der Waals surface area contributed by atoms with Gasteiger partial charge < -0.3 is 5.32 Å². The Kier molecular flexibility index (Phi) is 3.74. The standard InChI is InChI=1S/C12H9F3N4O2/c1-16-11-17-6-9(19(20)21)10(18-11)7-4-2-3-5-8(7)12(13,14)15/h2-6H,1H3,(H,16,17,18). The average Bonchev–Trinajstić information content (AvgIpc) is 2.45. The molecule has 1 N–H and O–H groups in total. The molecule has 1 heterocycles. The lowest BCUT2D eigenvalue weighted by molar-refractivity contribution is -0.384. The second-order valence-corrected chi connectivity index (χ2v) is 3.98. The van der Waals surface area contributed by atoms with E-state index >= 15 is 0 Å². The van der Waals surface area contributed by atoms with Crippen LogP contribution in [0, 0.1) is 10.1 Å². The van der Waals surface area contributed by atoms with Crippen LogP contribution in [0.5, 0.6) is 0 Å². The van der Waals surface area contributed by atoms with E-state index in [1.165, 1.54) is 19.2 Å². The smallest absolute Gasteiger partial charge is 0.357 e. The zero-order valence-electron chi connectivity index (χ0n) is 10.7. The van der Waals surface area contributed by atoms with E-state index in [1.807, 2.05) is 0 Å². The minimum Gasteiger partial charge on any atom is -0.357 e. The van der Waals surface area contributed by atoms with Gasteiger partial charge in [0.15, 0.2) is 5.69 Å². The number of hydrogen-bond donors (Lipinski definition) is 1. The van der Waals surface area contributed by atoms with Crippen molar-refractivity contribution in [3.63, 3.8) is 0 Å². The molecule has 2 rings (SSSR count). The topological polar surface area (TPSA) is 81.0 Å². The van der Waals surface area contributed by atoms with Crippen molar-refractivity contribution in [1.82, 2.24) is 9.97 Å². The molecule has 1 aromatic heterocycles. The molecule has 0 bridgehead atoms. The molecule has 0 spiro atoms. The summed E-state index contributed by atoms with van der Waals surface area (Å²) in [6, 6.07) is 4.55. The van der Waals surface area contributed by atoms with Crippen molar-refractivity contribution in [2.75, 3.05) is 12.4 Å². The molecule has 21 heavy (non-hydrogen) atoms. The molecule has 0 fully saturated rings. The summed E-state index contributed by atoms with van der Waals surface area (Å²) in [5.41, 5.74) is -2.33. The Morgan fingerprint density at radius 2 is 1.95 bits per heavy atom. The second kappa shape index (κ2) is 5.35. The van der Waals surface area contributed by atoms with Gasteiger partial charge in [-0.2, -0.15) is 13.2 Å². The predicted octanol–water partition coefficient (Wildman–Crippen LogP) is 3.11. The maximum absolute atomic E-state index is 13.0. The molecular formula is C12H9F3N4O2. The van der Waals surface area contributed by atoms with Crippen LogP contribution in [-0.4, -0.2) is 21.9 Å². The van der Waals surface area contributed by atoms with Crippen LogP contribution < -0.4 is 5.32 Å². The highest BCUT2D eigenvalue weighted by molar-refractivity contribution is 5.73. The summed E-state index contributed by atoms with van der Waals surface area (Å²) in [6.45, 7) is 0. The quantitative estimate of drug-likeness (QED) is 0.695. The van der Waals surface area contributed by atoms with Crippen LogP contribution >= 0.6 is 0 Å². The van der Waals surface area contributed by atoms with Crippen LogP contribution in [0.3, 0.4) is 0 Å². The lowest BCUT2D eigenvalue weighted by Gasteiger charge is -2.12. The Labute approximate surface area is 116 Å². The third-order valence-electron chi connectivity index (χ3n) is 2.68. The van der Waals surface area contributed by atoms with E-state index < -0.39 is 22.4 Å². The summed E-state index contributed by atoms with van der Waals surface area (Å²) in [5, 5.41) is 13.5. The van der Waals surface area contributed by atoms with Crippen LogP contribution in [0.25, 0.3) is 11.3 Å². The van der Waals surface area contributed by atoms with Gasteiger partial charge in [-0.05, 0) is 6.07 Å². The molecule has 0 atom stereocenters. The monoisotopic (exact) mass is 298 g/mol. The fraction of sp³-hybridized carbons (Fsp3) is 0.167. The minimum absolute atomic E-state index is 0.00687. The molecule has 0 saturated heterocycles. The van der Waals surface area contributed by atoms with E-state index in [2.05, 4.69) is 15.3 Å². The van der Waals surface area contributed by atoms with Crippen molar-refractivity contribution in [3.05, 3.63) is 46.1 Å². The number of rotatable bonds is 3. The van der Waals surface area contributed by atoms with E-state index in [-0.39, 0.29) is 17.2 Å². The number of benzene rings is 1. The molecular weight excluding hydrogens is 289 g/mol. The molecule has 6 nitrogen and oxygen atoms in total. The lowest BCUT2D eigenvalue weighted by atomic mass is 10.0. The van der Waals surface area contributed by atoms with Crippen LogP contribution in [0.1, 0.15) is 5.56 Å². The molecule has 0 saturated carbocycles. The number of nitro groups is 1. The fourth-order valence-electron chi connectivity index (χ4n) is 1.76. The maximum Gasteiger partial charge on any atom is 0.417 e. The van der Waals surface area contributed by atoms with Gasteiger partial charge in [-0.1, -0.05) is 18.2 Å². The third kappa shape index (κ3) is 2.91. The highest BCUT2D eigenvalue weighted by atomic mass is 19.4.